The van der Waals surface area contributed by atoms with E-state index in [1.165, 1.54) is 24.3 Å². The van der Waals surface area contributed by atoms with Gasteiger partial charge in [-0.1, -0.05) is 12.1 Å². The first-order valence-corrected chi connectivity index (χ1v) is 12.2. The van der Waals surface area contributed by atoms with E-state index in [2.05, 4.69) is 10.0 Å². The van der Waals surface area contributed by atoms with Crippen LogP contribution in [-0.4, -0.2) is 34.6 Å². The van der Waals surface area contributed by atoms with Gasteiger partial charge >= 0.3 is 0 Å². The van der Waals surface area contributed by atoms with Crippen LogP contribution in [0.5, 0.6) is 17.2 Å². The van der Waals surface area contributed by atoms with Crippen LogP contribution in [0.4, 0.5) is 5.69 Å². The Bertz CT molecular complexity index is 1180. The van der Waals surface area contributed by atoms with Gasteiger partial charge in [-0.25, -0.2) is 8.42 Å². The molecule has 8 nitrogen and oxygen atoms in total. The van der Waals surface area contributed by atoms with E-state index in [0.29, 0.717) is 23.8 Å². The van der Waals surface area contributed by atoms with E-state index >= 15 is 0 Å². The Hall–Kier alpha value is -3.72. The SMILES string of the molecule is CCOc1ccc(NS(=O)(=O)c2ccc(OCC(=O)N[C@@H](C)c3ccc(OC)cc3)cc2)cc1. The number of methoxy groups -OCH3 is 1. The third kappa shape index (κ3) is 6.89. The topological polar surface area (TPSA) is 103 Å². The number of nitrogens with one attached hydrogen (secondary N) is 2. The van der Waals surface area contributed by atoms with Gasteiger partial charge in [0.2, 0.25) is 0 Å². The Kier molecular flexibility index (Phi) is 8.37. The van der Waals surface area contributed by atoms with Crippen LogP contribution in [0.3, 0.4) is 0 Å². The van der Waals surface area contributed by atoms with E-state index in [-0.39, 0.29) is 23.5 Å². The van der Waals surface area contributed by atoms with Crippen molar-refractivity contribution >= 4 is 21.6 Å². The van der Waals surface area contributed by atoms with Gasteiger partial charge in [0.25, 0.3) is 15.9 Å². The van der Waals surface area contributed by atoms with Gasteiger partial charge in [0.05, 0.1) is 24.7 Å². The lowest BCUT2D eigenvalue weighted by Gasteiger charge is -2.15. The molecular formula is C25H28N2O6S. The first-order valence-electron chi connectivity index (χ1n) is 10.7. The molecule has 0 spiro atoms. The lowest BCUT2D eigenvalue weighted by molar-refractivity contribution is -0.123. The van der Waals surface area contributed by atoms with E-state index in [0.717, 1.165) is 11.3 Å². The summed E-state index contributed by atoms with van der Waals surface area (Å²) in [5.74, 6) is 1.49. The van der Waals surface area contributed by atoms with Crippen LogP contribution in [-0.2, 0) is 14.8 Å². The van der Waals surface area contributed by atoms with Gasteiger partial charge in [-0.3, -0.25) is 9.52 Å². The average molecular weight is 485 g/mol. The number of carbonyl (C=O) groups excluding carboxylic acids is 1. The van der Waals surface area contributed by atoms with Crippen LogP contribution in [0.15, 0.2) is 77.7 Å². The summed E-state index contributed by atoms with van der Waals surface area (Å²) in [4.78, 5) is 12.3. The summed E-state index contributed by atoms with van der Waals surface area (Å²) in [6.07, 6.45) is 0. The lowest BCUT2D eigenvalue weighted by atomic mass is 10.1. The fourth-order valence-corrected chi connectivity index (χ4v) is 4.18. The van der Waals surface area contributed by atoms with Gasteiger partial charge in [0.1, 0.15) is 17.2 Å². The number of benzene rings is 3. The molecule has 3 aromatic carbocycles. The van der Waals surface area contributed by atoms with Crippen molar-refractivity contribution in [3.63, 3.8) is 0 Å². The average Bonchev–Trinajstić information content (AvgIpc) is 2.84. The van der Waals surface area contributed by atoms with Crippen LogP contribution in [0, 0.1) is 0 Å². The predicted octanol–water partition coefficient (Wildman–Crippen LogP) is 4.15. The molecule has 0 aromatic heterocycles. The number of rotatable bonds is 11. The zero-order valence-corrected chi connectivity index (χ0v) is 20.1. The predicted molar refractivity (Wildman–Crippen MR) is 130 cm³/mol. The third-order valence-electron chi connectivity index (χ3n) is 4.91. The van der Waals surface area contributed by atoms with Crippen molar-refractivity contribution in [1.82, 2.24) is 5.32 Å². The van der Waals surface area contributed by atoms with Crippen LogP contribution in [0.2, 0.25) is 0 Å². The molecule has 34 heavy (non-hydrogen) atoms. The highest BCUT2D eigenvalue weighted by Gasteiger charge is 2.15. The van der Waals surface area contributed by atoms with Crippen molar-refractivity contribution in [1.29, 1.82) is 0 Å². The second kappa shape index (κ2) is 11.4. The molecule has 9 heteroatoms. The summed E-state index contributed by atoms with van der Waals surface area (Å²) in [6.45, 7) is 4.08. The number of carbonyl (C=O) groups is 1. The van der Waals surface area contributed by atoms with Gasteiger partial charge in [-0.05, 0) is 80.1 Å². The second-order valence-electron chi connectivity index (χ2n) is 7.39. The van der Waals surface area contributed by atoms with Gasteiger partial charge in [0, 0.05) is 5.69 Å². The molecule has 0 saturated heterocycles. The van der Waals surface area contributed by atoms with Gasteiger partial charge < -0.3 is 19.5 Å². The fourth-order valence-electron chi connectivity index (χ4n) is 3.12. The maximum atomic E-state index is 12.6. The van der Waals surface area contributed by atoms with Crippen LogP contribution >= 0.6 is 0 Å². The molecule has 0 aliphatic carbocycles. The number of sulfonamides is 1. The van der Waals surface area contributed by atoms with E-state index in [4.69, 9.17) is 14.2 Å². The molecule has 2 N–H and O–H groups in total. The van der Waals surface area contributed by atoms with Crippen LogP contribution < -0.4 is 24.2 Å². The molecule has 0 saturated carbocycles. The fraction of sp³-hybridized carbons (Fsp3) is 0.240. The number of hydrogen-bond acceptors (Lipinski definition) is 6. The molecule has 3 rings (SSSR count). The largest absolute Gasteiger partial charge is 0.497 e. The van der Waals surface area contributed by atoms with Crippen molar-refractivity contribution in [2.75, 3.05) is 25.0 Å². The van der Waals surface area contributed by atoms with Crippen molar-refractivity contribution in [3.05, 3.63) is 78.4 Å². The summed E-state index contributed by atoms with van der Waals surface area (Å²) in [7, 11) is -2.18. The first kappa shape index (κ1) is 24.9. The zero-order chi connectivity index (χ0) is 24.6. The summed E-state index contributed by atoms with van der Waals surface area (Å²) in [5, 5.41) is 2.86. The molecule has 0 radical (unpaired) electrons. The van der Waals surface area contributed by atoms with Crippen molar-refractivity contribution in [3.8, 4) is 17.2 Å². The smallest absolute Gasteiger partial charge is 0.261 e. The molecule has 0 heterocycles. The van der Waals surface area contributed by atoms with Gasteiger partial charge in [-0.2, -0.15) is 0 Å². The number of hydrogen-bond donors (Lipinski definition) is 2. The highest BCUT2D eigenvalue weighted by molar-refractivity contribution is 7.92. The summed E-state index contributed by atoms with van der Waals surface area (Å²) < 4.78 is 43.8. The quantitative estimate of drug-likeness (QED) is 0.424. The monoisotopic (exact) mass is 484 g/mol. The van der Waals surface area contributed by atoms with E-state index < -0.39 is 10.0 Å². The number of amides is 1. The summed E-state index contributed by atoms with van der Waals surface area (Å²) in [6, 6.07) is 19.7. The lowest BCUT2D eigenvalue weighted by Crippen LogP contribution is -2.31. The van der Waals surface area contributed by atoms with Crippen molar-refractivity contribution in [2.24, 2.45) is 0 Å². The minimum absolute atomic E-state index is 0.0753. The Labute approximate surface area is 199 Å². The van der Waals surface area contributed by atoms with E-state index in [1.807, 2.05) is 38.1 Å². The van der Waals surface area contributed by atoms with Crippen LogP contribution in [0.1, 0.15) is 25.5 Å². The first-order chi connectivity index (χ1) is 16.3. The maximum Gasteiger partial charge on any atom is 0.261 e. The van der Waals surface area contributed by atoms with Gasteiger partial charge in [0.15, 0.2) is 6.61 Å². The minimum atomic E-state index is -3.77. The Morgan fingerprint density at radius 3 is 2.00 bits per heavy atom. The van der Waals surface area contributed by atoms with E-state index in [9.17, 15) is 13.2 Å². The molecule has 1 atom stereocenters. The second-order valence-corrected chi connectivity index (χ2v) is 9.07. The standard InChI is InChI=1S/C25H28N2O6S/c1-4-32-22-11-7-20(8-12-22)27-34(29,30)24-15-13-23(14-16-24)33-17-25(28)26-18(2)19-5-9-21(31-3)10-6-19/h5-16,18,27H,4,17H2,1-3H3,(H,26,28)/t18-/m0/s1. The number of anilines is 1. The third-order valence-corrected chi connectivity index (χ3v) is 6.31. The summed E-state index contributed by atoms with van der Waals surface area (Å²) in [5.41, 5.74) is 1.36. The molecule has 180 valence electrons. The molecule has 0 bridgehead atoms. The molecule has 0 aliphatic rings. The van der Waals surface area contributed by atoms with E-state index in [1.54, 1.807) is 31.4 Å². The Morgan fingerprint density at radius 2 is 1.41 bits per heavy atom. The zero-order valence-electron chi connectivity index (χ0n) is 19.3. The molecule has 1 amide bonds. The molecular weight excluding hydrogens is 456 g/mol. The van der Waals surface area contributed by atoms with Crippen molar-refractivity contribution in [2.45, 2.75) is 24.8 Å². The highest BCUT2D eigenvalue weighted by atomic mass is 32.2. The number of ether oxygens (including phenoxy) is 3. The Balaban J connectivity index is 1.52. The molecule has 0 aliphatic heterocycles. The summed E-state index contributed by atoms with van der Waals surface area (Å²) >= 11 is 0. The molecule has 0 fully saturated rings. The maximum absolute atomic E-state index is 12.6. The minimum Gasteiger partial charge on any atom is -0.497 e. The molecule has 0 unspecified atom stereocenters. The molecule has 3 aromatic rings. The Morgan fingerprint density at radius 1 is 0.853 bits per heavy atom. The van der Waals surface area contributed by atoms with Gasteiger partial charge in [-0.15, -0.1) is 0 Å². The highest BCUT2D eigenvalue weighted by Crippen LogP contribution is 2.22. The normalized spacial score (nSPS) is 11.9. The van der Waals surface area contributed by atoms with Crippen molar-refractivity contribution < 1.29 is 27.4 Å². The van der Waals surface area contributed by atoms with Crippen LogP contribution in [0.25, 0.3) is 0 Å².